The van der Waals surface area contributed by atoms with E-state index in [2.05, 4.69) is 11.7 Å². The lowest BCUT2D eigenvalue weighted by Crippen LogP contribution is -2.41. The lowest BCUT2D eigenvalue weighted by atomic mass is 10.1. The first kappa shape index (κ1) is 21.4. The van der Waals surface area contributed by atoms with Crippen molar-refractivity contribution in [2.75, 3.05) is 18.1 Å². The topological polar surface area (TPSA) is 89.7 Å². The van der Waals surface area contributed by atoms with Gasteiger partial charge in [-0.15, -0.1) is 6.58 Å². The van der Waals surface area contributed by atoms with Crippen LogP contribution in [0.2, 0.25) is 5.02 Å². The summed E-state index contributed by atoms with van der Waals surface area (Å²) in [4.78, 5) is 14.3. The van der Waals surface area contributed by atoms with Gasteiger partial charge in [0.1, 0.15) is 12.4 Å². The van der Waals surface area contributed by atoms with Gasteiger partial charge in [0.25, 0.3) is 5.91 Å². The summed E-state index contributed by atoms with van der Waals surface area (Å²) in [5, 5.41) is 4.53. The van der Waals surface area contributed by atoms with Crippen molar-refractivity contribution in [3.63, 3.8) is 0 Å². The summed E-state index contributed by atoms with van der Waals surface area (Å²) in [5.41, 5.74) is 1.92. The minimum absolute atomic E-state index is 0.0460. The smallest absolute Gasteiger partial charge is 0.276 e. The average Bonchev–Trinajstić information content (AvgIpc) is 3.28. The number of carbonyl (C=O) groups is 1. The van der Waals surface area contributed by atoms with Crippen LogP contribution < -0.4 is 4.74 Å². The van der Waals surface area contributed by atoms with Crippen molar-refractivity contribution in [3.8, 4) is 5.75 Å². The molecule has 1 fully saturated rings. The van der Waals surface area contributed by atoms with E-state index in [0.29, 0.717) is 23.0 Å². The Labute approximate surface area is 175 Å². The van der Waals surface area contributed by atoms with E-state index < -0.39 is 9.84 Å². The molecule has 1 atom stereocenters. The van der Waals surface area contributed by atoms with E-state index in [9.17, 15) is 13.2 Å². The van der Waals surface area contributed by atoms with E-state index >= 15 is 0 Å². The van der Waals surface area contributed by atoms with E-state index in [-0.39, 0.29) is 42.3 Å². The van der Waals surface area contributed by atoms with Crippen molar-refractivity contribution in [1.29, 1.82) is 0 Å². The Kier molecular flexibility index (Phi) is 6.33. The van der Waals surface area contributed by atoms with Gasteiger partial charge >= 0.3 is 0 Å². The molecule has 0 bridgehead atoms. The second-order valence-corrected chi connectivity index (χ2v) is 9.75. The van der Waals surface area contributed by atoms with Crippen LogP contribution in [0.4, 0.5) is 0 Å². The highest BCUT2D eigenvalue weighted by Crippen LogP contribution is 2.26. The molecule has 0 saturated carbocycles. The van der Waals surface area contributed by atoms with Crippen molar-refractivity contribution in [2.45, 2.75) is 32.9 Å². The summed E-state index contributed by atoms with van der Waals surface area (Å²) >= 11 is 6.16. The largest absolute Gasteiger partial charge is 0.486 e. The summed E-state index contributed by atoms with van der Waals surface area (Å²) < 4.78 is 34.5. The number of hydrogen-bond donors (Lipinski definition) is 0. The normalized spacial score (nSPS) is 17.8. The third kappa shape index (κ3) is 5.00. The minimum Gasteiger partial charge on any atom is -0.486 e. The number of nitrogens with zero attached hydrogens (tertiary/aromatic N) is 2. The minimum atomic E-state index is -3.12. The van der Waals surface area contributed by atoms with Crippen LogP contribution in [0.25, 0.3) is 0 Å². The molecule has 1 aromatic heterocycles. The predicted octanol–water partition coefficient (Wildman–Crippen LogP) is 3.34. The number of halogens is 1. The Morgan fingerprint density at radius 2 is 2.07 bits per heavy atom. The zero-order valence-electron chi connectivity index (χ0n) is 16.4. The highest BCUT2D eigenvalue weighted by molar-refractivity contribution is 7.91. The number of carbonyl (C=O) groups excluding carboxylic acids is 1. The number of sulfone groups is 1. The van der Waals surface area contributed by atoms with Crippen molar-refractivity contribution in [1.82, 2.24) is 10.1 Å². The van der Waals surface area contributed by atoms with Gasteiger partial charge in [0.15, 0.2) is 21.3 Å². The molecule has 1 saturated heterocycles. The van der Waals surface area contributed by atoms with Gasteiger partial charge in [0.05, 0.1) is 11.5 Å². The Hall–Kier alpha value is -2.32. The summed E-state index contributed by atoms with van der Waals surface area (Å²) in [6.45, 7) is 7.78. The third-order valence-corrected chi connectivity index (χ3v) is 7.15. The maximum absolute atomic E-state index is 12.9. The lowest BCUT2D eigenvalue weighted by Gasteiger charge is -2.25. The summed E-state index contributed by atoms with van der Waals surface area (Å²) in [6, 6.07) is 4.77. The Morgan fingerprint density at radius 1 is 1.38 bits per heavy atom. The number of ether oxygens (including phenoxy) is 1. The van der Waals surface area contributed by atoms with Crippen LogP contribution in [-0.2, 0) is 16.4 Å². The molecule has 9 heteroatoms. The molecule has 0 N–H and O–H groups in total. The zero-order valence-corrected chi connectivity index (χ0v) is 17.9. The van der Waals surface area contributed by atoms with Gasteiger partial charge in [0.2, 0.25) is 0 Å². The van der Waals surface area contributed by atoms with Crippen molar-refractivity contribution >= 4 is 27.3 Å². The molecule has 3 rings (SSSR count). The predicted molar refractivity (Wildman–Crippen MR) is 110 cm³/mol. The molecule has 1 aromatic carbocycles. The number of aromatic nitrogens is 1. The number of benzene rings is 1. The van der Waals surface area contributed by atoms with Crippen LogP contribution in [0.15, 0.2) is 35.4 Å². The quantitative estimate of drug-likeness (QED) is 0.616. The number of amides is 1. The first-order valence-corrected chi connectivity index (χ1v) is 11.4. The Balaban J connectivity index is 1.69. The van der Waals surface area contributed by atoms with E-state index in [1.54, 1.807) is 6.08 Å². The first-order valence-electron chi connectivity index (χ1n) is 9.17. The van der Waals surface area contributed by atoms with Gasteiger partial charge in [-0.2, -0.15) is 0 Å². The van der Waals surface area contributed by atoms with Crippen LogP contribution in [0.3, 0.4) is 0 Å². The molecule has 1 aliphatic heterocycles. The van der Waals surface area contributed by atoms with E-state index in [1.807, 2.05) is 26.0 Å². The van der Waals surface area contributed by atoms with Gasteiger partial charge in [-0.3, -0.25) is 4.79 Å². The molecule has 1 amide bonds. The first-order chi connectivity index (χ1) is 13.7. The fourth-order valence-corrected chi connectivity index (χ4v) is 5.17. The SMILES string of the molecule is C=CCN(C(=O)c1cc(COc2cc(C)c(Cl)c(C)c2)on1)[C@@H]1CCS(=O)(=O)C1. The monoisotopic (exact) mass is 438 g/mol. The molecular weight excluding hydrogens is 416 g/mol. The van der Waals surface area contributed by atoms with Gasteiger partial charge in [-0.1, -0.05) is 22.8 Å². The van der Waals surface area contributed by atoms with Crippen molar-refractivity contribution in [2.24, 2.45) is 0 Å². The standard InChI is InChI=1S/C20H23ClN2O5S/c1-4-6-23(15-5-7-29(25,26)12-15)20(24)18-10-17(28-22-18)11-27-16-8-13(2)19(21)14(3)9-16/h4,8-10,15H,1,5-7,11-12H2,2-3H3/t15-/m1/s1. The molecule has 7 nitrogen and oxygen atoms in total. The zero-order chi connectivity index (χ0) is 21.2. The molecular formula is C20H23ClN2O5S. The van der Waals surface area contributed by atoms with Crippen LogP contribution in [0.5, 0.6) is 5.75 Å². The lowest BCUT2D eigenvalue weighted by molar-refractivity contribution is 0.0709. The van der Waals surface area contributed by atoms with E-state index in [1.165, 1.54) is 11.0 Å². The van der Waals surface area contributed by atoms with Gasteiger partial charge < -0.3 is 14.2 Å². The Morgan fingerprint density at radius 3 is 2.66 bits per heavy atom. The molecule has 0 aliphatic carbocycles. The fourth-order valence-electron chi connectivity index (χ4n) is 3.33. The fraction of sp³-hybridized carbons (Fsp3) is 0.400. The van der Waals surface area contributed by atoms with Crippen molar-refractivity contribution < 1.29 is 22.5 Å². The summed E-state index contributed by atoms with van der Waals surface area (Å²) in [6.07, 6.45) is 1.98. The Bertz CT molecular complexity index is 1010. The summed E-state index contributed by atoms with van der Waals surface area (Å²) in [5.74, 6) is 0.668. The number of rotatable bonds is 7. The molecule has 0 radical (unpaired) electrons. The van der Waals surface area contributed by atoms with Crippen LogP contribution in [0, 0.1) is 13.8 Å². The third-order valence-electron chi connectivity index (χ3n) is 4.80. The number of hydrogen-bond acceptors (Lipinski definition) is 6. The molecule has 1 aliphatic rings. The highest BCUT2D eigenvalue weighted by Gasteiger charge is 2.35. The second-order valence-electron chi connectivity index (χ2n) is 7.14. The van der Waals surface area contributed by atoms with Crippen molar-refractivity contribution in [3.05, 3.63) is 58.5 Å². The number of aryl methyl sites for hydroxylation is 2. The molecule has 0 spiro atoms. The van der Waals surface area contributed by atoms with Gasteiger partial charge in [-0.25, -0.2) is 8.42 Å². The summed E-state index contributed by atoms with van der Waals surface area (Å²) in [7, 11) is -3.12. The van der Waals surface area contributed by atoms with Crippen LogP contribution in [-0.4, -0.2) is 48.5 Å². The van der Waals surface area contributed by atoms with Crippen LogP contribution in [0.1, 0.15) is 33.8 Å². The molecule has 2 aromatic rings. The maximum atomic E-state index is 12.9. The average molecular weight is 439 g/mol. The van der Waals surface area contributed by atoms with E-state index in [4.69, 9.17) is 20.9 Å². The maximum Gasteiger partial charge on any atom is 0.276 e. The molecule has 156 valence electrons. The second kappa shape index (κ2) is 8.59. The highest BCUT2D eigenvalue weighted by atomic mass is 35.5. The molecule has 29 heavy (non-hydrogen) atoms. The molecule has 0 unspecified atom stereocenters. The van der Waals surface area contributed by atoms with E-state index in [0.717, 1.165) is 11.1 Å². The van der Waals surface area contributed by atoms with Gasteiger partial charge in [-0.05, 0) is 43.5 Å². The van der Waals surface area contributed by atoms with Gasteiger partial charge in [0, 0.05) is 23.7 Å². The van der Waals surface area contributed by atoms with Crippen LogP contribution >= 0.6 is 11.6 Å². The molecule has 2 heterocycles.